The maximum atomic E-state index is 13.8. The maximum absolute atomic E-state index is 13.8. The van der Waals surface area contributed by atoms with Gasteiger partial charge in [-0.1, -0.05) is 77.6 Å². The highest BCUT2D eigenvalue weighted by molar-refractivity contribution is 9.11. The number of ketones is 2. The number of benzene rings is 4. The zero-order chi connectivity index (χ0) is 35.9. The van der Waals surface area contributed by atoms with Crippen LogP contribution in [0.3, 0.4) is 0 Å². The van der Waals surface area contributed by atoms with E-state index in [2.05, 4.69) is 153 Å². The van der Waals surface area contributed by atoms with Gasteiger partial charge >= 0.3 is 0 Å². The Morgan fingerprint density at radius 1 is 0.458 bits per heavy atom. The average Bonchev–Trinajstić information content (AvgIpc) is 2.93. The zero-order valence-electron chi connectivity index (χ0n) is 28.9. The maximum Gasteiger partial charge on any atom is 0.195 e. The van der Waals surface area contributed by atoms with Gasteiger partial charge in [-0.25, -0.2) is 0 Å². The predicted molar refractivity (Wildman–Crippen MR) is 214 cm³/mol. The van der Waals surface area contributed by atoms with Gasteiger partial charge in [0.05, 0.1) is 11.1 Å². The monoisotopic (exact) mass is 890 g/mol. The summed E-state index contributed by atoms with van der Waals surface area (Å²) in [6.45, 7) is 21.0. The molecule has 4 aromatic carbocycles. The average molecular weight is 894 g/mol. The molecule has 0 aliphatic carbocycles. The summed E-state index contributed by atoms with van der Waals surface area (Å²) in [7, 11) is 0. The first-order valence-corrected chi connectivity index (χ1v) is 18.7. The molecule has 0 unspecified atom stereocenters. The molecule has 0 N–H and O–H groups in total. The molecule has 4 rings (SSSR count). The number of rotatable bonds is 4. The summed E-state index contributed by atoms with van der Waals surface area (Å²) in [6.07, 6.45) is 0. The smallest absolute Gasteiger partial charge is 0.195 e. The van der Waals surface area contributed by atoms with Crippen molar-refractivity contribution in [2.75, 3.05) is 0 Å². The molecule has 0 bridgehead atoms. The number of halogens is 4. The lowest BCUT2D eigenvalue weighted by Gasteiger charge is -2.22. The van der Waals surface area contributed by atoms with Crippen molar-refractivity contribution in [1.29, 1.82) is 0 Å². The molecule has 246 valence electrons. The predicted octanol–water partition coefficient (Wildman–Crippen LogP) is 12.4. The third-order valence-electron chi connectivity index (χ3n) is 8.27. The summed E-state index contributed by atoms with van der Waals surface area (Å²) < 4.78 is 2.63. The molecule has 0 aliphatic rings. The largest absolute Gasteiger partial charge is 0.289 e. The molecule has 0 amide bonds. The molecule has 0 heterocycles. The van der Waals surface area contributed by atoms with Gasteiger partial charge in [-0.05, 0) is 172 Å². The molecule has 0 spiro atoms. The molecule has 0 aromatic heterocycles. The van der Waals surface area contributed by atoms with E-state index in [9.17, 15) is 9.59 Å². The van der Waals surface area contributed by atoms with Crippen LogP contribution in [0.25, 0.3) is 0 Å². The molecule has 2 nitrogen and oxygen atoms in total. The number of hydrogen-bond acceptors (Lipinski definition) is 2. The second-order valence-corrected chi connectivity index (χ2v) is 17.7. The van der Waals surface area contributed by atoms with Crippen LogP contribution in [0.1, 0.15) is 118 Å². The molecule has 0 saturated heterocycles. The van der Waals surface area contributed by atoms with E-state index in [1.807, 2.05) is 52.0 Å². The highest BCUT2D eigenvalue weighted by Crippen LogP contribution is 2.35. The van der Waals surface area contributed by atoms with E-state index < -0.39 is 0 Å². The van der Waals surface area contributed by atoms with Gasteiger partial charge in [0, 0.05) is 40.1 Å². The lowest BCUT2D eigenvalue weighted by molar-refractivity contribution is 0.102. The van der Waals surface area contributed by atoms with Crippen LogP contribution in [-0.2, 0) is 10.8 Å². The Morgan fingerprint density at radius 2 is 0.708 bits per heavy atom. The third kappa shape index (κ3) is 8.34. The van der Waals surface area contributed by atoms with Gasteiger partial charge < -0.3 is 0 Å². The first kappa shape index (κ1) is 38.1. The van der Waals surface area contributed by atoms with Crippen molar-refractivity contribution < 1.29 is 9.59 Å². The van der Waals surface area contributed by atoms with Gasteiger partial charge in [0.2, 0.25) is 0 Å². The fourth-order valence-electron chi connectivity index (χ4n) is 5.69. The summed E-state index contributed by atoms with van der Waals surface area (Å²) in [5.74, 6) is 11.9. The Hall–Kier alpha value is -2.74. The molecule has 0 atom stereocenters. The van der Waals surface area contributed by atoms with Gasteiger partial charge in [-0.3, -0.25) is 9.59 Å². The van der Waals surface area contributed by atoms with Crippen LogP contribution < -0.4 is 0 Å². The van der Waals surface area contributed by atoms with Crippen LogP contribution in [0.2, 0.25) is 0 Å². The zero-order valence-corrected chi connectivity index (χ0v) is 35.3. The number of hydrogen-bond donors (Lipinski definition) is 0. The Bertz CT molecular complexity index is 1870. The Labute approximate surface area is 319 Å². The van der Waals surface area contributed by atoms with Crippen LogP contribution in [0.15, 0.2) is 66.4 Å². The summed E-state index contributed by atoms with van der Waals surface area (Å²) in [5.41, 5.74) is 10.2. The topological polar surface area (TPSA) is 34.1 Å². The molecule has 0 radical (unpaired) electrons. The van der Waals surface area contributed by atoms with Crippen molar-refractivity contribution >= 4 is 75.3 Å². The van der Waals surface area contributed by atoms with E-state index in [4.69, 9.17) is 0 Å². The minimum absolute atomic E-state index is 0.00522. The van der Waals surface area contributed by atoms with E-state index in [0.29, 0.717) is 51.3 Å². The van der Waals surface area contributed by atoms with E-state index >= 15 is 0 Å². The van der Waals surface area contributed by atoms with Gasteiger partial charge in [0.25, 0.3) is 0 Å². The molecule has 4 aromatic rings. The first-order valence-electron chi connectivity index (χ1n) is 15.5. The lowest BCUT2D eigenvalue weighted by atomic mass is 9.82. The van der Waals surface area contributed by atoms with E-state index in [1.54, 1.807) is 0 Å². The van der Waals surface area contributed by atoms with Gasteiger partial charge in [-0.2, -0.15) is 0 Å². The highest BCUT2D eigenvalue weighted by Gasteiger charge is 2.25. The van der Waals surface area contributed by atoms with Crippen LogP contribution in [-0.4, -0.2) is 11.6 Å². The molecule has 6 heteroatoms. The van der Waals surface area contributed by atoms with Crippen molar-refractivity contribution in [3.63, 3.8) is 0 Å². The molecule has 0 aliphatic heterocycles. The van der Waals surface area contributed by atoms with E-state index in [0.717, 1.165) is 22.3 Å². The molecule has 0 saturated carbocycles. The Morgan fingerprint density at radius 3 is 0.938 bits per heavy atom. The number of carbonyl (C=O) groups excluding carboxylic acids is 2. The minimum atomic E-state index is -0.0474. The number of carbonyl (C=O) groups is 2. The molecular formula is C42H38Br4O2. The fourth-order valence-corrected chi connectivity index (χ4v) is 8.78. The first-order chi connectivity index (χ1) is 22.2. The Balaban J connectivity index is 1.59. The van der Waals surface area contributed by atoms with E-state index in [1.165, 1.54) is 11.1 Å². The van der Waals surface area contributed by atoms with Crippen molar-refractivity contribution in [3.05, 3.63) is 133 Å². The second kappa shape index (κ2) is 14.6. The molecule has 0 fully saturated rings. The van der Waals surface area contributed by atoms with Crippen molar-refractivity contribution in [2.24, 2.45) is 0 Å². The van der Waals surface area contributed by atoms with Crippen LogP contribution in [0.4, 0.5) is 0 Å². The normalized spacial score (nSPS) is 11.4. The Kier molecular flexibility index (Phi) is 11.6. The van der Waals surface area contributed by atoms with Gasteiger partial charge in [0.15, 0.2) is 11.6 Å². The summed E-state index contributed by atoms with van der Waals surface area (Å²) in [4.78, 5) is 27.5. The number of aryl methyl sites for hydroxylation is 4. The third-order valence-corrected chi connectivity index (χ3v) is 10.8. The fraction of sp³-hybridized carbons (Fsp3) is 0.286. The molecule has 48 heavy (non-hydrogen) atoms. The molecular weight excluding hydrogens is 856 g/mol. The minimum Gasteiger partial charge on any atom is -0.289 e. The van der Waals surface area contributed by atoms with Gasteiger partial charge in [0.1, 0.15) is 0 Å². The summed E-state index contributed by atoms with van der Waals surface area (Å²) >= 11 is 14.5. The van der Waals surface area contributed by atoms with Crippen molar-refractivity contribution in [1.82, 2.24) is 0 Å². The summed E-state index contributed by atoms with van der Waals surface area (Å²) in [5, 5.41) is 0. The van der Waals surface area contributed by atoms with Crippen molar-refractivity contribution in [2.45, 2.75) is 80.1 Å². The lowest BCUT2D eigenvalue weighted by Crippen LogP contribution is -2.15. The quantitative estimate of drug-likeness (QED) is 0.151. The van der Waals surface area contributed by atoms with Gasteiger partial charge in [-0.15, -0.1) is 0 Å². The second-order valence-electron chi connectivity index (χ2n) is 14.3. The highest BCUT2D eigenvalue weighted by atomic mass is 79.9. The summed E-state index contributed by atoms with van der Waals surface area (Å²) in [6, 6.07) is 15.8. The van der Waals surface area contributed by atoms with Crippen molar-refractivity contribution in [3.8, 4) is 23.7 Å². The van der Waals surface area contributed by atoms with E-state index in [-0.39, 0.29) is 22.4 Å². The van der Waals surface area contributed by atoms with Crippen LogP contribution in [0.5, 0.6) is 0 Å². The SMILES string of the molecule is Cc1cc(C(C)(C)C)cc(C)c1C(=O)c1c(Br)cc(C#CC#Cc2cc(Br)c(C(=O)c3c(C)cc(C(C)(C)C)cc3C)c(Br)c2)cc1Br. The standard InChI is InChI=1S/C42H38Br4O2/c1-23-15-29(41(5,6)7)16-24(2)35(23)39(47)37-31(43)19-27(20-32(37)44)13-11-12-14-28-21-33(45)38(34(46)22-28)40(48)36-25(3)17-30(18-26(36)4)42(8,9)10/h15-22H,1-10H3. The van der Waals surface area contributed by atoms with Crippen LogP contribution in [0, 0.1) is 51.4 Å². The van der Waals surface area contributed by atoms with Crippen LogP contribution >= 0.6 is 63.7 Å².